The number of nitrogens with one attached hydrogen (secondary N) is 1. The number of hydrogen-bond donors (Lipinski definition) is 4. The van der Waals surface area contributed by atoms with E-state index < -0.39 is 0 Å². The lowest BCUT2D eigenvalue weighted by Crippen LogP contribution is -2.57. The molecule has 2 atom stereocenters. The number of rotatable bonds is 8. The second-order valence-corrected chi connectivity index (χ2v) is 9.82. The van der Waals surface area contributed by atoms with Crippen molar-refractivity contribution in [1.82, 2.24) is 20.2 Å². The maximum absolute atomic E-state index is 6.62. The Morgan fingerprint density at radius 2 is 1.60 bits per heavy atom. The van der Waals surface area contributed by atoms with Gasteiger partial charge in [-0.05, 0) is 44.7 Å². The molecule has 1 saturated heterocycles. The number of nitrogens with zero attached hydrogens (tertiary/aromatic N) is 4. The summed E-state index contributed by atoms with van der Waals surface area (Å²) >= 11 is 0. The standard InChI is InChI=1S/C31H38N8O.C2H6/c1-22-19-38(20-23(2)39(22)31-36-17-25(18-37-31)12-9-15-35-3)28(30(33)34)16-27(32)26-13-7-8-14-29(26)40-21-24-10-5-4-6-11-24;1-2/h4-8,10-11,13-14,16-18,22-23,35H,15,19-21,32-34H2,1-3H3;1-2H3/b27-16-;. The molecule has 0 saturated carbocycles. The van der Waals surface area contributed by atoms with Gasteiger partial charge in [0.1, 0.15) is 18.2 Å². The van der Waals surface area contributed by atoms with E-state index in [0.29, 0.717) is 49.3 Å². The van der Waals surface area contributed by atoms with Crippen molar-refractivity contribution in [3.8, 4) is 17.6 Å². The van der Waals surface area contributed by atoms with E-state index in [1.165, 1.54) is 0 Å². The summed E-state index contributed by atoms with van der Waals surface area (Å²) in [5.74, 6) is 7.66. The summed E-state index contributed by atoms with van der Waals surface area (Å²) < 4.78 is 6.12. The molecule has 0 amide bonds. The molecule has 1 fully saturated rings. The molecule has 3 aromatic rings. The van der Waals surface area contributed by atoms with Crippen molar-refractivity contribution >= 4 is 11.6 Å². The van der Waals surface area contributed by atoms with Crippen LogP contribution >= 0.6 is 0 Å². The third-order valence-corrected chi connectivity index (χ3v) is 6.65. The Kier molecular flexibility index (Phi) is 12.1. The highest BCUT2D eigenvalue weighted by atomic mass is 16.5. The monoisotopic (exact) mass is 568 g/mol. The van der Waals surface area contributed by atoms with E-state index in [4.69, 9.17) is 21.9 Å². The number of piperazine rings is 1. The van der Waals surface area contributed by atoms with Crippen LogP contribution in [-0.2, 0) is 6.61 Å². The van der Waals surface area contributed by atoms with Gasteiger partial charge in [0.2, 0.25) is 5.95 Å². The van der Waals surface area contributed by atoms with E-state index in [9.17, 15) is 0 Å². The van der Waals surface area contributed by atoms with Crippen LogP contribution in [0.2, 0.25) is 0 Å². The maximum Gasteiger partial charge on any atom is 0.225 e. The third kappa shape index (κ3) is 8.41. The first-order valence-electron chi connectivity index (χ1n) is 14.3. The zero-order chi connectivity index (χ0) is 30.5. The predicted molar refractivity (Wildman–Crippen MR) is 172 cm³/mol. The van der Waals surface area contributed by atoms with Gasteiger partial charge in [0.25, 0.3) is 0 Å². The first kappa shape index (κ1) is 31.8. The molecule has 4 rings (SSSR count). The van der Waals surface area contributed by atoms with Gasteiger partial charge in [0.05, 0.1) is 17.8 Å². The number of para-hydroxylation sites is 1. The number of hydrogen-bond acceptors (Lipinski definition) is 9. The van der Waals surface area contributed by atoms with E-state index in [-0.39, 0.29) is 17.9 Å². The number of anilines is 1. The maximum atomic E-state index is 6.62. The Morgan fingerprint density at radius 3 is 2.21 bits per heavy atom. The van der Waals surface area contributed by atoms with Crippen molar-refractivity contribution in [2.24, 2.45) is 17.2 Å². The quantitative estimate of drug-likeness (QED) is 0.238. The number of nitrogens with two attached hydrogens (primary N) is 3. The van der Waals surface area contributed by atoms with E-state index in [2.05, 4.69) is 50.8 Å². The molecule has 1 aliphatic rings. The van der Waals surface area contributed by atoms with Crippen molar-refractivity contribution in [2.45, 2.75) is 46.4 Å². The van der Waals surface area contributed by atoms with Crippen LogP contribution in [0.25, 0.3) is 5.70 Å². The minimum atomic E-state index is 0.0930. The summed E-state index contributed by atoms with van der Waals surface area (Å²) in [5.41, 5.74) is 22.9. The SMILES string of the molecule is CC.CNCC#Cc1cnc(N2C(C)CN(C(/C=C(\N)c3ccccc3OCc3ccccc3)=C(N)N)CC2C)nc1. The largest absolute Gasteiger partial charge is 0.488 e. The number of allylic oxidation sites excluding steroid dienone is 1. The average molecular weight is 569 g/mol. The highest BCUT2D eigenvalue weighted by Crippen LogP contribution is 2.28. The van der Waals surface area contributed by atoms with Gasteiger partial charge >= 0.3 is 0 Å². The van der Waals surface area contributed by atoms with Crippen LogP contribution < -0.4 is 32.2 Å². The van der Waals surface area contributed by atoms with Gasteiger partial charge in [-0.3, -0.25) is 0 Å². The van der Waals surface area contributed by atoms with Gasteiger partial charge in [-0.15, -0.1) is 0 Å². The molecule has 1 aliphatic heterocycles. The Hall–Kier alpha value is -4.68. The van der Waals surface area contributed by atoms with E-state index in [1.54, 1.807) is 12.4 Å². The van der Waals surface area contributed by atoms with Gasteiger partial charge in [-0.1, -0.05) is 68.2 Å². The average Bonchev–Trinajstić information content (AvgIpc) is 3.00. The summed E-state index contributed by atoms with van der Waals surface area (Å²) in [6.45, 7) is 10.7. The molecular weight excluding hydrogens is 524 g/mol. The van der Waals surface area contributed by atoms with Gasteiger partial charge < -0.3 is 37.1 Å². The molecule has 0 spiro atoms. The second kappa shape index (κ2) is 15.9. The molecular formula is C33H44N8O. The van der Waals surface area contributed by atoms with Crippen molar-refractivity contribution in [2.75, 3.05) is 31.6 Å². The minimum absolute atomic E-state index is 0.0930. The molecule has 0 bridgehead atoms. The molecule has 9 nitrogen and oxygen atoms in total. The first-order chi connectivity index (χ1) is 20.4. The number of benzene rings is 2. The van der Waals surface area contributed by atoms with Crippen LogP contribution in [0.5, 0.6) is 5.75 Å². The van der Waals surface area contributed by atoms with Crippen LogP contribution in [-0.4, -0.2) is 53.6 Å². The fraction of sp³-hybridized carbons (Fsp3) is 0.333. The zero-order valence-corrected chi connectivity index (χ0v) is 25.3. The van der Waals surface area contributed by atoms with Crippen LogP contribution in [0.3, 0.4) is 0 Å². The first-order valence-corrected chi connectivity index (χ1v) is 14.3. The number of aromatic nitrogens is 2. The molecule has 0 aliphatic carbocycles. The molecule has 1 aromatic heterocycles. The molecule has 2 unspecified atom stereocenters. The molecule has 9 heteroatoms. The number of ether oxygens (including phenoxy) is 1. The van der Waals surface area contributed by atoms with Gasteiger partial charge in [-0.25, -0.2) is 9.97 Å². The molecule has 7 N–H and O–H groups in total. The lowest BCUT2D eigenvalue weighted by Gasteiger charge is -2.45. The zero-order valence-electron chi connectivity index (χ0n) is 25.3. The second-order valence-electron chi connectivity index (χ2n) is 9.82. The molecule has 222 valence electrons. The normalized spacial score (nSPS) is 16.5. The van der Waals surface area contributed by atoms with Crippen molar-refractivity contribution in [3.63, 3.8) is 0 Å². The van der Waals surface area contributed by atoms with Crippen LogP contribution in [0.4, 0.5) is 5.95 Å². The summed E-state index contributed by atoms with van der Waals surface area (Å²) in [4.78, 5) is 13.6. The fourth-order valence-electron chi connectivity index (χ4n) is 4.82. The minimum Gasteiger partial charge on any atom is -0.488 e. The Balaban J connectivity index is 0.00000237. The summed E-state index contributed by atoms with van der Waals surface area (Å²) in [6, 6.07) is 17.9. The van der Waals surface area contributed by atoms with Crippen LogP contribution in [0.1, 0.15) is 44.4 Å². The summed E-state index contributed by atoms with van der Waals surface area (Å²) in [7, 11) is 1.86. The molecule has 0 radical (unpaired) electrons. The molecule has 2 heterocycles. The van der Waals surface area contributed by atoms with Gasteiger partial charge in [0, 0.05) is 48.8 Å². The predicted octanol–water partition coefficient (Wildman–Crippen LogP) is 3.64. The molecule has 42 heavy (non-hydrogen) atoms. The smallest absolute Gasteiger partial charge is 0.225 e. The van der Waals surface area contributed by atoms with Crippen molar-refractivity contribution < 1.29 is 4.74 Å². The Bertz CT molecular complexity index is 1380. The van der Waals surface area contributed by atoms with E-state index >= 15 is 0 Å². The fourth-order valence-corrected chi connectivity index (χ4v) is 4.82. The topological polar surface area (TPSA) is 132 Å². The Labute approximate surface area is 250 Å². The third-order valence-electron chi connectivity index (χ3n) is 6.65. The van der Waals surface area contributed by atoms with Crippen molar-refractivity contribution in [1.29, 1.82) is 0 Å². The summed E-state index contributed by atoms with van der Waals surface area (Å²) in [5, 5.41) is 3.00. The van der Waals surface area contributed by atoms with E-state index in [0.717, 1.165) is 16.7 Å². The van der Waals surface area contributed by atoms with Crippen molar-refractivity contribution in [3.05, 3.63) is 101 Å². The van der Waals surface area contributed by atoms with Gasteiger partial charge in [-0.2, -0.15) is 0 Å². The Morgan fingerprint density at radius 1 is 0.976 bits per heavy atom. The van der Waals surface area contributed by atoms with Crippen LogP contribution in [0.15, 0.2) is 84.6 Å². The van der Waals surface area contributed by atoms with Crippen LogP contribution in [0, 0.1) is 11.8 Å². The molecule has 2 aromatic carbocycles. The highest BCUT2D eigenvalue weighted by Gasteiger charge is 2.32. The highest BCUT2D eigenvalue weighted by molar-refractivity contribution is 5.70. The lowest BCUT2D eigenvalue weighted by atomic mass is 10.1. The lowest BCUT2D eigenvalue weighted by molar-refractivity contribution is 0.249. The van der Waals surface area contributed by atoms with Gasteiger partial charge in [0.15, 0.2) is 0 Å². The van der Waals surface area contributed by atoms with E-state index in [1.807, 2.05) is 81.6 Å². The summed E-state index contributed by atoms with van der Waals surface area (Å²) in [6.07, 6.45) is 5.37.